The van der Waals surface area contributed by atoms with Crippen LogP contribution < -0.4 is 0 Å². The van der Waals surface area contributed by atoms with Crippen molar-refractivity contribution >= 4 is 5.97 Å². The molecule has 0 aliphatic rings. The third kappa shape index (κ3) is 2.26. The zero-order valence-electron chi connectivity index (χ0n) is 7.45. The van der Waals surface area contributed by atoms with Crippen molar-refractivity contribution in [3.63, 3.8) is 0 Å². The average molecular weight is 194 g/mol. The lowest BCUT2D eigenvalue weighted by atomic mass is 10.1. The van der Waals surface area contributed by atoms with Crippen molar-refractivity contribution in [2.24, 2.45) is 0 Å². The van der Waals surface area contributed by atoms with Crippen molar-refractivity contribution in [1.29, 1.82) is 5.26 Å². The lowest BCUT2D eigenvalue weighted by molar-refractivity contribution is -0.139. The summed E-state index contributed by atoms with van der Waals surface area (Å²) in [5.41, 5.74) is 0.189. The summed E-state index contributed by atoms with van der Waals surface area (Å²) < 4.78 is 17.4. The van der Waals surface area contributed by atoms with Crippen LogP contribution in [0.25, 0.3) is 0 Å². The molecule has 4 nitrogen and oxygen atoms in total. The molecule has 0 amide bonds. The Morgan fingerprint density at radius 3 is 3.07 bits per heavy atom. The number of hydrogen-bond donors (Lipinski definition) is 0. The van der Waals surface area contributed by atoms with E-state index >= 15 is 0 Å². The minimum absolute atomic E-state index is 0.0744. The first-order chi connectivity index (χ1) is 6.67. The molecule has 0 saturated carbocycles. The van der Waals surface area contributed by atoms with Gasteiger partial charge in [0, 0.05) is 5.56 Å². The maximum atomic E-state index is 13.0. The number of nitrogens with zero attached hydrogens (tertiary/aromatic N) is 2. The van der Waals surface area contributed by atoms with Crippen molar-refractivity contribution < 1.29 is 13.9 Å². The van der Waals surface area contributed by atoms with Crippen LogP contribution in [-0.2, 0) is 16.0 Å². The van der Waals surface area contributed by atoms with Gasteiger partial charge < -0.3 is 4.74 Å². The number of ether oxygens (including phenoxy) is 1. The van der Waals surface area contributed by atoms with E-state index in [4.69, 9.17) is 5.26 Å². The van der Waals surface area contributed by atoms with Crippen LogP contribution in [0.1, 0.15) is 11.3 Å². The van der Waals surface area contributed by atoms with E-state index in [1.165, 1.54) is 13.2 Å². The van der Waals surface area contributed by atoms with E-state index in [1.54, 1.807) is 6.07 Å². The van der Waals surface area contributed by atoms with E-state index < -0.39 is 11.8 Å². The van der Waals surface area contributed by atoms with E-state index in [0.29, 0.717) is 0 Å². The predicted molar refractivity (Wildman–Crippen MR) is 44.6 cm³/mol. The lowest BCUT2D eigenvalue weighted by Gasteiger charge is -2.01. The molecule has 0 spiro atoms. The largest absolute Gasteiger partial charge is 0.469 e. The monoisotopic (exact) mass is 194 g/mol. The van der Waals surface area contributed by atoms with Crippen molar-refractivity contribution in [3.05, 3.63) is 29.3 Å². The summed E-state index contributed by atoms with van der Waals surface area (Å²) in [7, 11) is 1.21. The van der Waals surface area contributed by atoms with Crippen molar-refractivity contribution in [1.82, 2.24) is 4.98 Å². The van der Waals surface area contributed by atoms with Gasteiger partial charge in [-0.05, 0) is 6.07 Å². The van der Waals surface area contributed by atoms with Crippen LogP contribution in [0, 0.1) is 17.1 Å². The number of rotatable bonds is 2. The summed E-state index contributed by atoms with van der Waals surface area (Å²) in [4.78, 5) is 14.3. The average Bonchev–Trinajstić information content (AvgIpc) is 2.21. The summed E-state index contributed by atoms with van der Waals surface area (Å²) in [6.45, 7) is 0. The van der Waals surface area contributed by atoms with Crippen LogP contribution in [-0.4, -0.2) is 18.1 Å². The van der Waals surface area contributed by atoms with Gasteiger partial charge in [-0.3, -0.25) is 4.79 Å². The van der Waals surface area contributed by atoms with E-state index in [9.17, 15) is 9.18 Å². The second-order valence-corrected chi connectivity index (χ2v) is 2.53. The molecule has 5 heteroatoms. The van der Waals surface area contributed by atoms with Crippen LogP contribution in [0.4, 0.5) is 4.39 Å². The molecular weight excluding hydrogens is 187 g/mol. The molecule has 0 aromatic carbocycles. The Hall–Kier alpha value is -1.96. The summed E-state index contributed by atoms with van der Waals surface area (Å²) in [6, 6.07) is 2.98. The maximum absolute atomic E-state index is 13.0. The quantitative estimate of drug-likeness (QED) is 0.653. The Labute approximate surface area is 79.9 Å². The second kappa shape index (κ2) is 4.33. The molecule has 0 fully saturated rings. The zero-order valence-corrected chi connectivity index (χ0v) is 7.45. The predicted octanol–water partition coefficient (Wildman–Crippen LogP) is 0.808. The highest BCUT2D eigenvalue weighted by Crippen LogP contribution is 2.08. The highest BCUT2D eigenvalue weighted by molar-refractivity contribution is 5.72. The van der Waals surface area contributed by atoms with Gasteiger partial charge in [0.1, 0.15) is 17.6 Å². The van der Waals surface area contributed by atoms with Gasteiger partial charge in [0.2, 0.25) is 0 Å². The molecule has 1 aromatic heterocycles. The highest BCUT2D eigenvalue weighted by Gasteiger charge is 2.09. The molecule has 1 heterocycles. The standard InChI is InChI=1S/C9H7FN2O2/c1-14-9(13)3-6-2-7(4-11)12-5-8(6)10/h2,5H,3H2,1H3. The Morgan fingerprint density at radius 1 is 1.79 bits per heavy atom. The summed E-state index contributed by atoms with van der Waals surface area (Å²) in [5.74, 6) is -1.17. The third-order valence-corrected chi connectivity index (χ3v) is 1.61. The number of carbonyl (C=O) groups is 1. The maximum Gasteiger partial charge on any atom is 0.310 e. The summed E-state index contributed by atoms with van der Waals surface area (Å²) in [5, 5.41) is 8.49. The Balaban J connectivity index is 2.96. The van der Waals surface area contributed by atoms with Crippen molar-refractivity contribution in [2.45, 2.75) is 6.42 Å². The van der Waals surface area contributed by atoms with Gasteiger partial charge in [0.05, 0.1) is 19.7 Å². The molecule has 0 N–H and O–H groups in total. The number of halogens is 1. The zero-order chi connectivity index (χ0) is 10.6. The normalized spacial score (nSPS) is 9.21. The SMILES string of the molecule is COC(=O)Cc1cc(C#N)ncc1F. The first-order valence-electron chi connectivity index (χ1n) is 3.78. The fourth-order valence-electron chi connectivity index (χ4n) is 0.905. The minimum atomic E-state index is -0.616. The number of aromatic nitrogens is 1. The number of esters is 1. The molecular formula is C9H7FN2O2. The fourth-order valence-corrected chi connectivity index (χ4v) is 0.905. The molecule has 0 radical (unpaired) electrons. The van der Waals surface area contributed by atoms with Crippen molar-refractivity contribution in [3.8, 4) is 6.07 Å². The molecule has 1 aromatic rings. The first-order valence-corrected chi connectivity index (χ1v) is 3.78. The minimum Gasteiger partial charge on any atom is -0.469 e. The van der Waals surface area contributed by atoms with E-state index in [-0.39, 0.29) is 17.7 Å². The van der Waals surface area contributed by atoms with Gasteiger partial charge >= 0.3 is 5.97 Å². The first kappa shape index (κ1) is 10.1. The van der Waals surface area contributed by atoms with Gasteiger partial charge in [-0.15, -0.1) is 0 Å². The molecule has 0 aliphatic carbocycles. The number of pyridine rings is 1. The summed E-state index contributed by atoms with van der Waals surface area (Å²) in [6.07, 6.45) is 0.719. The molecule has 0 aliphatic heterocycles. The van der Waals surface area contributed by atoms with Gasteiger partial charge in [0.25, 0.3) is 0 Å². The molecule has 0 unspecified atom stereocenters. The number of methoxy groups -OCH3 is 1. The Morgan fingerprint density at radius 2 is 2.50 bits per heavy atom. The second-order valence-electron chi connectivity index (χ2n) is 2.53. The van der Waals surface area contributed by atoms with Gasteiger partial charge in [-0.25, -0.2) is 9.37 Å². The van der Waals surface area contributed by atoms with Crippen LogP contribution in [0.5, 0.6) is 0 Å². The van der Waals surface area contributed by atoms with Crippen molar-refractivity contribution in [2.75, 3.05) is 7.11 Å². The Kier molecular flexibility index (Phi) is 3.13. The van der Waals surface area contributed by atoms with Crippen LogP contribution >= 0.6 is 0 Å². The van der Waals surface area contributed by atoms with Gasteiger partial charge in [0.15, 0.2) is 0 Å². The van der Waals surface area contributed by atoms with E-state index in [1.807, 2.05) is 0 Å². The topological polar surface area (TPSA) is 63.0 Å². The summed E-state index contributed by atoms with van der Waals surface area (Å²) >= 11 is 0. The Bertz CT molecular complexity index is 398. The number of nitriles is 1. The molecule has 0 atom stereocenters. The highest BCUT2D eigenvalue weighted by atomic mass is 19.1. The molecule has 1 rings (SSSR count). The lowest BCUT2D eigenvalue weighted by Crippen LogP contribution is -2.07. The van der Waals surface area contributed by atoms with Crippen LogP contribution in [0.3, 0.4) is 0 Å². The van der Waals surface area contributed by atoms with Gasteiger partial charge in [-0.1, -0.05) is 0 Å². The van der Waals surface area contributed by atoms with Crippen LogP contribution in [0.15, 0.2) is 12.3 Å². The molecule has 0 saturated heterocycles. The smallest absolute Gasteiger partial charge is 0.310 e. The van der Waals surface area contributed by atoms with E-state index in [2.05, 4.69) is 9.72 Å². The molecule has 72 valence electrons. The number of hydrogen-bond acceptors (Lipinski definition) is 4. The molecule has 14 heavy (non-hydrogen) atoms. The fraction of sp³-hybridized carbons (Fsp3) is 0.222. The molecule has 0 bridgehead atoms. The third-order valence-electron chi connectivity index (χ3n) is 1.61. The number of carbonyl (C=O) groups excluding carboxylic acids is 1. The van der Waals surface area contributed by atoms with Gasteiger partial charge in [-0.2, -0.15) is 5.26 Å². The van der Waals surface area contributed by atoms with E-state index in [0.717, 1.165) is 6.20 Å². The van der Waals surface area contributed by atoms with Crippen LogP contribution in [0.2, 0.25) is 0 Å².